The molecule has 0 aromatic heterocycles. The molecule has 0 saturated carbocycles. The van der Waals surface area contributed by atoms with Gasteiger partial charge in [0.05, 0.1) is 16.9 Å². The Morgan fingerprint density at radius 3 is 2.26 bits per heavy atom. The Kier molecular flexibility index (Phi) is 4.25. The maximum atomic E-state index is 13.2. The molecule has 5 nitrogen and oxygen atoms in total. The summed E-state index contributed by atoms with van der Waals surface area (Å²) >= 11 is 5.86. The van der Waals surface area contributed by atoms with Gasteiger partial charge in [-0.1, -0.05) is 48.0 Å². The number of rotatable bonds is 3. The third-order valence-corrected chi connectivity index (χ3v) is 6.73. The van der Waals surface area contributed by atoms with E-state index in [9.17, 15) is 18.0 Å². The molecule has 2 aromatic carbocycles. The lowest BCUT2D eigenvalue weighted by atomic mass is 9.82. The first-order valence-electron chi connectivity index (χ1n) is 8.22. The summed E-state index contributed by atoms with van der Waals surface area (Å²) in [5.74, 6) is -2.08. The molecule has 0 amide bonds. The second kappa shape index (κ2) is 6.48. The van der Waals surface area contributed by atoms with Crippen LogP contribution < -0.4 is 0 Å². The Labute approximate surface area is 161 Å². The molecule has 0 bridgehead atoms. The van der Waals surface area contributed by atoms with Crippen LogP contribution in [-0.2, 0) is 19.6 Å². The average Bonchev–Trinajstić information content (AvgIpc) is 3.07. The Morgan fingerprint density at radius 1 is 0.926 bits per heavy atom. The maximum absolute atomic E-state index is 13.2. The summed E-state index contributed by atoms with van der Waals surface area (Å²) in [7, 11) is -3.92. The minimum Gasteiger partial charge on any atom is -0.290 e. The number of ketones is 2. The third-order valence-electron chi connectivity index (χ3n) is 4.70. The topological polar surface area (TPSA) is 71.5 Å². The van der Waals surface area contributed by atoms with Gasteiger partial charge in [-0.3, -0.25) is 13.9 Å². The number of carbonyl (C=O) groups excluding carboxylic acids is 2. The van der Waals surface area contributed by atoms with Crippen LogP contribution in [0.25, 0.3) is 5.57 Å². The van der Waals surface area contributed by atoms with Crippen molar-refractivity contribution in [3.63, 3.8) is 0 Å². The van der Waals surface area contributed by atoms with E-state index >= 15 is 0 Å². The molecule has 27 heavy (non-hydrogen) atoms. The molecule has 0 saturated heterocycles. The molecule has 136 valence electrons. The summed E-state index contributed by atoms with van der Waals surface area (Å²) in [6.07, 6.45) is 4.08. The summed E-state index contributed by atoms with van der Waals surface area (Å²) in [4.78, 5) is 24.6. The van der Waals surface area contributed by atoms with Gasteiger partial charge in [0.15, 0.2) is 0 Å². The van der Waals surface area contributed by atoms with E-state index in [0.717, 1.165) is 10.4 Å². The fourth-order valence-corrected chi connectivity index (χ4v) is 5.00. The van der Waals surface area contributed by atoms with Gasteiger partial charge in [-0.25, -0.2) is 8.42 Å². The summed E-state index contributed by atoms with van der Waals surface area (Å²) in [6.45, 7) is 0. The molecule has 1 heterocycles. The number of Topliss-reactive ketones (excluding diaryl/α,β-unsaturated/α-hetero) is 1. The van der Waals surface area contributed by atoms with Crippen LogP contribution in [0.4, 0.5) is 0 Å². The predicted octanol–water partition coefficient (Wildman–Crippen LogP) is 3.08. The molecule has 2 atom stereocenters. The lowest BCUT2D eigenvalue weighted by Crippen LogP contribution is -2.42. The highest BCUT2D eigenvalue weighted by atomic mass is 35.5. The molecule has 7 heteroatoms. The molecule has 0 N–H and O–H groups in total. The van der Waals surface area contributed by atoms with Crippen LogP contribution in [0.2, 0.25) is 5.02 Å². The van der Waals surface area contributed by atoms with Crippen molar-refractivity contribution in [1.29, 1.82) is 0 Å². The minimum absolute atomic E-state index is 0.0639. The van der Waals surface area contributed by atoms with Crippen LogP contribution in [0.3, 0.4) is 0 Å². The van der Waals surface area contributed by atoms with Crippen molar-refractivity contribution in [2.45, 2.75) is 10.9 Å². The molecule has 2 unspecified atom stereocenters. The molecular weight excluding hydrogens is 386 g/mol. The molecule has 2 aromatic rings. The molecule has 2 aliphatic rings. The molecule has 1 aliphatic heterocycles. The van der Waals surface area contributed by atoms with E-state index in [0.29, 0.717) is 16.2 Å². The highest BCUT2D eigenvalue weighted by molar-refractivity contribution is 7.89. The monoisotopic (exact) mass is 399 g/mol. The summed E-state index contributed by atoms with van der Waals surface area (Å²) < 4.78 is 27.5. The summed E-state index contributed by atoms with van der Waals surface area (Å²) in [5, 5.41) is 0.423. The number of hydrogen-bond donors (Lipinski definition) is 0. The molecule has 4 rings (SSSR count). The zero-order valence-electron chi connectivity index (χ0n) is 13.9. The number of sulfonamides is 1. The Hall–Kier alpha value is -2.70. The van der Waals surface area contributed by atoms with E-state index in [-0.39, 0.29) is 4.90 Å². The smallest absolute Gasteiger partial charge is 0.264 e. The van der Waals surface area contributed by atoms with Crippen molar-refractivity contribution in [2.75, 3.05) is 0 Å². The van der Waals surface area contributed by atoms with Gasteiger partial charge in [0.2, 0.25) is 11.6 Å². The Bertz CT molecular complexity index is 1090. The minimum atomic E-state index is -3.92. The first-order chi connectivity index (χ1) is 12.9. The van der Waals surface area contributed by atoms with Crippen molar-refractivity contribution in [2.24, 2.45) is 5.92 Å². The number of fused-ring (bicyclic) bond motifs is 1. The fraction of sp³-hybridized carbons (Fsp3) is 0.100. The lowest BCUT2D eigenvalue weighted by molar-refractivity contribution is -0.136. The van der Waals surface area contributed by atoms with E-state index in [1.807, 2.05) is 6.07 Å². The van der Waals surface area contributed by atoms with Crippen molar-refractivity contribution in [3.05, 3.63) is 83.5 Å². The number of halogens is 1. The SMILES string of the molecule is O=C1C=CC2C(C1=O)C(c1ccccc1)=CN2S(=O)(=O)c1ccc(Cl)cc1. The number of carbonyl (C=O) groups is 2. The van der Waals surface area contributed by atoms with Crippen LogP contribution in [0.1, 0.15) is 5.56 Å². The van der Waals surface area contributed by atoms with Crippen molar-refractivity contribution >= 4 is 38.8 Å². The van der Waals surface area contributed by atoms with Gasteiger partial charge < -0.3 is 0 Å². The van der Waals surface area contributed by atoms with Crippen molar-refractivity contribution in [1.82, 2.24) is 4.31 Å². The Morgan fingerprint density at radius 2 is 1.59 bits per heavy atom. The average molecular weight is 400 g/mol. The predicted molar refractivity (Wildman–Crippen MR) is 101 cm³/mol. The van der Waals surface area contributed by atoms with Gasteiger partial charge in [-0.2, -0.15) is 0 Å². The van der Waals surface area contributed by atoms with Crippen molar-refractivity contribution < 1.29 is 18.0 Å². The number of hydrogen-bond acceptors (Lipinski definition) is 4. The van der Waals surface area contributed by atoms with Crippen LogP contribution in [0, 0.1) is 5.92 Å². The van der Waals surface area contributed by atoms with E-state index in [2.05, 4.69) is 0 Å². The maximum Gasteiger partial charge on any atom is 0.264 e. The molecular formula is C20H14ClNO4S. The van der Waals surface area contributed by atoms with Crippen LogP contribution >= 0.6 is 11.6 Å². The molecule has 1 aliphatic carbocycles. The van der Waals surface area contributed by atoms with Crippen LogP contribution in [-0.4, -0.2) is 30.3 Å². The second-order valence-electron chi connectivity index (χ2n) is 6.30. The number of nitrogens with zero attached hydrogens (tertiary/aromatic N) is 1. The van der Waals surface area contributed by atoms with Crippen LogP contribution in [0.15, 0.2) is 77.8 Å². The highest BCUT2D eigenvalue weighted by Crippen LogP contribution is 2.41. The second-order valence-corrected chi connectivity index (χ2v) is 8.57. The molecule has 0 fully saturated rings. The first kappa shape index (κ1) is 17.7. The van der Waals surface area contributed by atoms with E-state index in [4.69, 9.17) is 11.6 Å². The fourth-order valence-electron chi connectivity index (χ4n) is 3.39. The van der Waals surface area contributed by atoms with Gasteiger partial charge in [-0.15, -0.1) is 0 Å². The third kappa shape index (κ3) is 2.91. The van der Waals surface area contributed by atoms with Gasteiger partial charge in [0, 0.05) is 11.2 Å². The summed E-state index contributed by atoms with van der Waals surface area (Å²) in [6, 6.07) is 14.1. The van der Waals surface area contributed by atoms with Gasteiger partial charge >= 0.3 is 0 Å². The Balaban J connectivity index is 1.86. The molecule has 0 radical (unpaired) electrons. The van der Waals surface area contributed by atoms with E-state index in [1.54, 1.807) is 24.3 Å². The number of allylic oxidation sites excluding steroid dienone is 1. The van der Waals surface area contributed by atoms with E-state index in [1.165, 1.54) is 36.5 Å². The largest absolute Gasteiger partial charge is 0.290 e. The standard InChI is InChI=1S/C20H14ClNO4S/c21-14-6-8-15(9-7-14)27(25,26)22-12-16(13-4-2-1-3-5-13)19-17(22)10-11-18(23)20(19)24/h1-12,17,19H. The van der Waals surface area contributed by atoms with Gasteiger partial charge in [-0.05, 0) is 41.5 Å². The number of benzene rings is 2. The van der Waals surface area contributed by atoms with E-state index < -0.39 is 33.5 Å². The zero-order chi connectivity index (χ0) is 19.2. The first-order valence-corrected chi connectivity index (χ1v) is 10.0. The van der Waals surface area contributed by atoms with Gasteiger partial charge in [0.25, 0.3) is 10.0 Å². The van der Waals surface area contributed by atoms with Crippen molar-refractivity contribution in [3.8, 4) is 0 Å². The normalized spacial score (nSPS) is 22.0. The summed E-state index contributed by atoms with van der Waals surface area (Å²) in [5.41, 5.74) is 1.22. The van der Waals surface area contributed by atoms with Crippen LogP contribution in [0.5, 0.6) is 0 Å². The highest BCUT2D eigenvalue weighted by Gasteiger charge is 2.47. The lowest BCUT2D eigenvalue weighted by Gasteiger charge is -2.28. The zero-order valence-corrected chi connectivity index (χ0v) is 15.5. The van der Waals surface area contributed by atoms with Gasteiger partial charge in [0.1, 0.15) is 0 Å². The quantitative estimate of drug-likeness (QED) is 0.743. The molecule has 0 spiro atoms.